The molecule has 0 saturated heterocycles. The van der Waals surface area contributed by atoms with E-state index >= 15 is 0 Å². The van der Waals surface area contributed by atoms with Gasteiger partial charge in [-0.15, -0.1) is 0 Å². The summed E-state index contributed by atoms with van der Waals surface area (Å²) in [4.78, 5) is 12.4. The fraction of sp³-hybridized carbons (Fsp3) is 0.786. The van der Waals surface area contributed by atoms with E-state index in [2.05, 4.69) is 0 Å². The highest BCUT2D eigenvalue weighted by Crippen LogP contribution is 2.13. The van der Waals surface area contributed by atoms with Crippen LogP contribution in [-0.4, -0.2) is 68.6 Å². The number of carboxylic acids is 1. The Morgan fingerprint density at radius 1 is 1.23 bits per heavy atom. The van der Waals surface area contributed by atoms with Gasteiger partial charge in [0.05, 0.1) is 12.2 Å². The van der Waals surface area contributed by atoms with Crippen LogP contribution in [0, 0.1) is 0 Å². The van der Waals surface area contributed by atoms with Gasteiger partial charge in [0.25, 0.3) is 10.1 Å². The highest BCUT2D eigenvalue weighted by Gasteiger charge is 2.08. The molecule has 130 valence electrons. The maximum absolute atomic E-state index is 10.8. The van der Waals surface area contributed by atoms with Crippen LogP contribution in [0.15, 0.2) is 11.6 Å². The van der Waals surface area contributed by atoms with Crippen LogP contribution in [0.2, 0.25) is 0 Å². The maximum Gasteiger partial charge on any atom is 0.304 e. The summed E-state index contributed by atoms with van der Waals surface area (Å²) in [6.45, 7) is 1.79. The Morgan fingerprint density at radius 3 is 2.45 bits per heavy atom. The number of carboxylic acid groups (broad SMARTS) is 1. The lowest BCUT2D eigenvalue weighted by atomic mass is 10.1. The van der Waals surface area contributed by atoms with Crippen LogP contribution in [0.25, 0.3) is 0 Å². The zero-order chi connectivity index (χ0) is 17.0. The minimum absolute atomic E-state index is 0.107. The van der Waals surface area contributed by atoms with E-state index in [1.165, 1.54) is 0 Å². The highest BCUT2D eigenvalue weighted by molar-refractivity contribution is 7.85. The van der Waals surface area contributed by atoms with Crippen molar-refractivity contribution in [3.63, 3.8) is 0 Å². The predicted molar refractivity (Wildman–Crippen MR) is 84.6 cm³/mol. The Hall–Kier alpha value is -0.960. The van der Waals surface area contributed by atoms with Crippen molar-refractivity contribution in [1.29, 1.82) is 0 Å². The number of nitrogens with zero attached hydrogens (tertiary/aromatic N) is 1. The van der Waals surface area contributed by atoms with Crippen molar-refractivity contribution in [2.75, 3.05) is 39.6 Å². The van der Waals surface area contributed by atoms with Gasteiger partial charge >= 0.3 is 5.97 Å². The SMILES string of the molecule is COCC/C=C(/CCCN(C)CCC(=O)O)CCS(=O)(=O)O. The molecule has 0 saturated carbocycles. The quantitative estimate of drug-likeness (QED) is 0.297. The molecular weight excluding hydrogens is 310 g/mol. The molecule has 0 aromatic carbocycles. The molecule has 0 heterocycles. The van der Waals surface area contributed by atoms with Gasteiger partial charge in [-0.25, -0.2) is 0 Å². The molecule has 8 heteroatoms. The van der Waals surface area contributed by atoms with Gasteiger partial charge in [-0.1, -0.05) is 11.6 Å². The Kier molecular flexibility index (Phi) is 11.1. The van der Waals surface area contributed by atoms with Gasteiger partial charge in [-0.3, -0.25) is 9.35 Å². The van der Waals surface area contributed by atoms with Crippen molar-refractivity contribution in [1.82, 2.24) is 4.90 Å². The normalized spacial score (nSPS) is 12.8. The summed E-state index contributed by atoms with van der Waals surface area (Å²) >= 11 is 0. The van der Waals surface area contributed by atoms with Crippen LogP contribution in [0.5, 0.6) is 0 Å². The Bertz CT molecular complexity index is 446. The zero-order valence-corrected chi connectivity index (χ0v) is 14.1. The number of rotatable bonds is 13. The van der Waals surface area contributed by atoms with Crippen LogP contribution in [0.1, 0.15) is 32.1 Å². The fourth-order valence-corrected chi connectivity index (χ4v) is 2.46. The fourth-order valence-electron chi connectivity index (χ4n) is 1.94. The first-order valence-corrected chi connectivity index (χ1v) is 8.88. The highest BCUT2D eigenvalue weighted by atomic mass is 32.2. The van der Waals surface area contributed by atoms with Gasteiger partial charge in [0.15, 0.2) is 0 Å². The average molecular weight is 337 g/mol. The van der Waals surface area contributed by atoms with Crippen molar-refractivity contribution in [3.8, 4) is 0 Å². The number of carbonyl (C=O) groups is 1. The third kappa shape index (κ3) is 14.0. The molecular formula is C14H27NO6S. The summed E-state index contributed by atoms with van der Waals surface area (Å²) in [7, 11) is -0.500. The van der Waals surface area contributed by atoms with E-state index < -0.39 is 16.1 Å². The smallest absolute Gasteiger partial charge is 0.304 e. The molecule has 2 N–H and O–H groups in total. The first-order chi connectivity index (χ1) is 10.2. The van der Waals surface area contributed by atoms with E-state index in [0.717, 1.165) is 25.0 Å². The van der Waals surface area contributed by atoms with Crippen LogP contribution in [-0.2, 0) is 19.6 Å². The van der Waals surface area contributed by atoms with Gasteiger partial charge in [0, 0.05) is 20.3 Å². The topological polar surface area (TPSA) is 104 Å². The summed E-state index contributed by atoms with van der Waals surface area (Å²) in [5, 5.41) is 8.61. The van der Waals surface area contributed by atoms with Crippen molar-refractivity contribution < 1.29 is 27.6 Å². The molecule has 0 aliphatic carbocycles. The molecule has 0 atom stereocenters. The number of ether oxygens (including phenoxy) is 1. The molecule has 0 unspecified atom stereocenters. The third-order valence-electron chi connectivity index (χ3n) is 3.18. The van der Waals surface area contributed by atoms with Crippen LogP contribution >= 0.6 is 0 Å². The standard InChI is InChI=1S/C14H27NO6S/c1-15(10-7-14(16)17)9-3-5-13(6-4-11-21-2)8-12-22(18,19)20/h6H,3-5,7-12H2,1-2H3,(H,16,17)(H,18,19,20)/b13-6-. The molecule has 0 amide bonds. The van der Waals surface area contributed by atoms with Crippen LogP contribution in [0.4, 0.5) is 0 Å². The molecule has 0 aliphatic rings. The lowest BCUT2D eigenvalue weighted by molar-refractivity contribution is -0.137. The summed E-state index contributed by atoms with van der Waals surface area (Å²) in [5.74, 6) is -1.10. The molecule has 0 bridgehead atoms. The second-order valence-electron chi connectivity index (χ2n) is 5.23. The minimum Gasteiger partial charge on any atom is -0.481 e. The lowest BCUT2D eigenvalue weighted by Gasteiger charge is -2.16. The Morgan fingerprint density at radius 2 is 1.91 bits per heavy atom. The van der Waals surface area contributed by atoms with E-state index in [9.17, 15) is 13.2 Å². The number of allylic oxidation sites excluding steroid dienone is 1. The first kappa shape index (κ1) is 21.0. The minimum atomic E-state index is -3.96. The molecule has 0 rings (SSSR count). The van der Waals surface area contributed by atoms with E-state index in [1.807, 2.05) is 18.0 Å². The van der Waals surface area contributed by atoms with Crippen LogP contribution < -0.4 is 0 Å². The largest absolute Gasteiger partial charge is 0.481 e. The van der Waals surface area contributed by atoms with E-state index in [4.69, 9.17) is 14.4 Å². The molecule has 0 radical (unpaired) electrons. The van der Waals surface area contributed by atoms with Crippen molar-refractivity contribution in [2.24, 2.45) is 0 Å². The second kappa shape index (κ2) is 11.6. The van der Waals surface area contributed by atoms with Crippen molar-refractivity contribution in [2.45, 2.75) is 32.1 Å². The van der Waals surface area contributed by atoms with Crippen LogP contribution in [0.3, 0.4) is 0 Å². The van der Waals surface area contributed by atoms with E-state index in [0.29, 0.717) is 26.0 Å². The van der Waals surface area contributed by atoms with Gasteiger partial charge in [0.1, 0.15) is 0 Å². The Labute approximate surface area is 132 Å². The van der Waals surface area contributed by atoms with E-state index in [-0.39, 0.29) is 12.2 Å². The van der Waals surface area contributed by atoms with Gasteiger partial charge in [0.2, 0.25) is 0 Å². The summed E-state index contributed by atoms with van der Waals surface area (Å²) in [6, 6.07) is 0. The molecule has 0 spiro atoms. The van der Waals surface area contributed by atoms with Gasteiger partial charge < -0.3 is 14.7 Å². The van der Waals surface area contributed by atoms with E-state index in [1.54, 1.807) is 7.11 Å². The Balaban J connectivity index is 4.22. The molecule has 0 fully saturated rings. The number of hydrogen-bond donors (Lipinski definition) is 2. The summed E-state index contributed by atoms with van der Waals surface area (Å²) in [6.07, 6.45) is 4.59. The third-order valence-corrected chi connectivity index (χ3v) is 3.90. The maximum atomic E-state index is 10.8. The first-order valence-electron chi connectivity index (χ1n) is 7.27. The molecule has 22 heavy (non-hydrogen) atoms. The number of hydrogen-bond acceptors (Lipinski definition) is 5. The summed E-state index contributed by atoms with van der Waals surface area (Å²) < 4.78 is 35.5. The van der Waals surface area contributed by atoms with Gasteiger partial charge in [-0.05, 0) is 39.3 Å². The zero-order valence-electron chi connectivity index (χ0n) is 13.3. The predicted octanol–water partition coefficient (Wildman–Crippen LogP) is 1.41. The number of methoxy groups -OCH3 is 1. The number of aliphatic carboxylic acids is 1. The molecule has 0 aromatic rings. The summed E-state index contributed by atoms with van der Waals surface area (Å²) in [5.41, 5.74) is 0.973. The lowest BCUT2D eigenvalue weighted by Crippen LogP contribution is -2.23. The monoisotopic (exact) mass is 337 g/mol. The molecule has 0 aromatic heterocycles. The molecule has 0 aliphatic heterocycles. The van der Waals surface area contributed by atoms with Crippen molar-refractivity contribution in [3.05, 3.63) is 11.6 Å². The van der Waals surface area contributed by atoms with Gasteiger partial charge in [-0.2, -0.15) is 8.42 Å². The second-order valence-corrected chi connectivity index (χ2v) is 6.80. The van der Waals surface area contributed by atoms with Crippen molar-refractivity contribution >= 4 is 16.1 Å². The average Bonchev–Trinajstić information content (AvgIpc) is 2.41. The molecule has 7 nitrogen and oxygen atoms in total.